The maximum Gasteiger partial charge on any atom is 0.251 e. The second kappa shape index (κ2) is 9.37. The van der Waals surface area contributed by atoms with Gasteiger partial charge in [-0.05, 0) is 90.3 Å². The van der Waals surface area contributed by atoms with Crippen LogP contribution in [-0.4, -0.2) is 37.6 Å². The van der Waals surface area contributed by atoms with Crippen LogP contribution in [0.15, 0.2) is 48.5 Å². The maximum absolute atomic E-state index is 12.3. The van der Waals surface area contributed by atoms with Crippen molar-refractivity contribution in [1.82, 2.24) is 10.2 Å². The summed E-state index contributed by atoms with van der Waals surface area (Å²) < 4.78 is 6.29. The molecule has 5 heteroatoms. The van der Waals surface area contributed by atoms with Gasteiger partial charge in [0.05, 0.1) is 7.11 Å². The number of ether oxygens (including phenoxy) is 1. The minimum Gasteiger partial charge on any atom is -0.497 e. The zero-order chi connectivity index (χ0) is 18.4. The first kappa shape index (κ1) is 19.2. The first-order chi connectivity index (χ1) is 12.6. The maximum atomic E-state index is 12.3. The van der Waals surface area contributed by atoms with Gasteiger partial charge in [-0.25, -0.2) is 0 Å². The van der Waals surface area contributed by atoms with Crippen molar-refractivity contribution in [2.75, 3.05) is 26.7 Å². The topological polar surface area (TPSA) is 41.6 Å². The molecular weight excluding hydrogens is 439 g/mol. The predicted molar refractivity (Wildman–Crippen MR) is 112 cm³/mol. The summed E-state index contributed by atoms with van der Waals surface area (Å²) in [6.45, 7) is 3.90. The largest absolute Gasteiger partial charge is 0.497 e. The van der Waals surface area contributed by atoms with Crippen molar-refractivity contribution in [1.29, 1.82) is 0 Å². The van der Waals surface area contributed by atoms with Gasteiger partial charge in [0.1, 0.15) is 5.75 Å². The van der Waals surface area contributed by atoms with Crippen molar-refractivity contribution < 1.29 is 9.53 Å². The average molecular weight is 464 g/mol. The fourth-order valence-corrected chi connectivity index (χ4v) is 3.85. The Hall–Kier alpha value is -1.60. The third kappa shape index (κ3) is 5.45. The lowest BCUT2D eigenvalue weighted by atomic mass is 9.96. The minimum atomic E-state index is 0.0316. The SMILES string of the molecule is COc1ccc(CN2CCC(CNC(=O)c3cccc(I)c3)CC2)cc1. The Morgan fingerprint density at radius 2 is 1.92 bits per heavy atom. The average Bonchev–Trinajstić information content (AvgIpc) is 2.68. The number of hydrogen-bond acceptors (Lipinski definition) is 3. The van der Waals surface area contributed by atoms with E-state index in [-0.39, 0.29) is 5.91 Å². The first-order valence-electron chi connectivity index (χ1n) is 9.03. The van der Waals surface area contributed by atoms with E-state index in [1.807, 2.05) is 36.4 Å². The number of piperidine rings is 1. The van der Waals surface area contributed by atoms with Crippen LogP contribution in [0.5, 0.6) is 5.75 Å². The lowest BCUT2D eigenvalue weighted by molar-refractivity contribution is 0.0935. The van der Waals surface area contributed by atoms with Crippen LogP contribution in [0.25, 0.3) is 0 Å². The van der Waals surface area contributed by atoms with Crippen molar-refractivity contribution >= 4 is 28.5 Å². The molecule has 138 valence electrons. The Bertz CT molecular complexity index is 725. The Kier molecular flexibility index (Phi) is 6.91. The van der Waals surface area contributed by atoms with Crippen LogP contribution in [0.2, 0.25) is 0 Å². The molecule has 1 aliphatic heterocycles. The summed E-state index contributed by atoms with van der Waals surface area (Å²) >= 11 is 2.23. The highest BCUT2D eigenvalue weighted by molar-refractivity contribution is 14.1. The van der Waals surface area contributed by atoms with Crippen molar-refractivity contribution in [3.05, 3.63) is 63.2 Å². The molecule has 0 aliphatic carbocycles. The second-order valence-electron chi connectivity index (χ2n) is 6.79. The first-order valence-corrected chi connectivity index (χ1v) is 10.1. The molecule has 2 aromatic carbocycles. The third-order valence-electron chi connectivity index (χ3n) is 4.91. The van der Waals surface area contributed by atoms with Crippen LogP contribution in [0.1, 0.15) is 28.8 Å². The van der Waals surface area contributed by atoms with Crippen molar-refractivity contribution in [2.45, 2.75) is 19.4 Å². The molecule has 0 unspecified atom stereocenters. The van der Waals surface area contributed by atoms with E-state index in [0.29, 0.717) is 5.92 Å². The normalized spacial score (nSPS) is 15.6. The molecule has 26 heavy (non-hydrogen) atoms. The molecule has 1 N–H and O–H groups in total. The van der Waals surface area contributed by atoms with E-state index >= 15 is 0 Å². The van der Waals surface area contributed by atoms with Gasteiger partial charge in [0, 0.05) is 22.2 Å². The number of hydrogen-bond donors (Lipinski definition) is 1. The molecule has 0 atom stereocenters. The molecule has 1 amide bonds. The van der Waals surface area contributed by atoms with Crippen LogP contribution < -0.4 is 10.1 Å². The second-order valence-corrected chi connectivity index (χ2v) is 8.03. The van der Waals surface area contributed by atoms with E-state index in [1.54, 1.807) is 7.11 Å². The van der Waals surface area contributed by atoms with Crippen LogP contribution in [0, 0.1) is 9.49 Å². The number of nitrogens with zero attached hydrogens (tertiary/aromatic N) is 1. The van der Waals surface area contributed by atoms with Gasteiger partial charge >= 0.3 is 0 Å². The van der Waals surface area contributed by atoms with Gasteiger partial charge in [0.25, 0.3) is 5.91 Å². The highest BCUT2D eigenvalue weighted by Crippen LogP contribution is 2.20. The van der Waals surface area contributed by atoms with E-state index in [1.165, 1.54) is 5.56 Å². The van der Waals surface area contributed by atoms with E-state index in [2.05, 4.69) is 44.9 Å². The summed E-state index contributed by atoms with van der Waals surface area (Å²) in [5.74, 6) is 1.49. The molecule has 1 aliphatic rings. The van der Waals surface area contributed by atoms with Crippen molar-refractivity contribution in [2.24, 2.45) is 5.92 Å². The smallest absolute Gasteiger partial charge is 0.251 e. The standard InChI is InChI=1S/C21H25IN2O2/c1-26-20-7-5-17(6-8-20)15-24-11-9-16(10-12-24)14-23-21(25)18-3-2-4-19(22)13-18/h2-8,13,16H,9-12,14-15H2,1H3,(H,23,25). The summed E-state index contributed by atoms with van der Waals surface area (Å²) in [4.78, 5) is 14.7. The molecule has 1 fully saturated rings. The highest BCUT2D eigenvalue weighted by atomic mass is 127. The van der Waals surface area contributed by atoms with Crippen LogP contribution in [-0.2, 0) is 6.54 Å². The van der Waals surface area contributed by atoms with Gasteiger partial charge in [0.15, 0.2) is 0 Å². The van der Waals surface area contributed by atoms with Crippen LogP contribution >= 0.6 is 22.6 Å². The number of carbonyl (C=O) groups excluding carboxylic acids is 1. The highest BCUT2D eigenvalue weighted by Gasteiger charge is 2.20. The van der Waals surface area contributed by atoms with E-state index < -0.39 is 0 Å². The fourth-order valence-electron chi connectivity index (χ4n) is 3.31. The van der Waals surface area contributed by atoms with E-state index in [4.69, 9.17) is 4.74 Å². The molecule has 0 aromatic heterocycles. The number of benzene rings is 2. The van der Waals surface area contributed by atoms with Gasteiger partial charge in [-0.1, -0.05) is 18.2 Å². The Labute approximate surface area is 169 Å². The molecule has 0 bridgehead atoms. The molecule has 4 nitrogen and oxygen atoms in total. The van der Waals surface area contributed by atoms with E-state index in [0.717, 1.165) is 53.9 Å². The van der Waals surface area contributed by atoms with Crippen LogP contribution in [0.3, 0.4) is 0 Å². The zero-order valence-corrected chi connectivity index (χ0v) is 17.2. The molecule has 0 spiro atoms. The van der Waals surface area contributed by atoms with Gasteiger partial charge in [-0.2, -0.15) is 0 Å². The predicted octanol–water partition coefficient (Wildman–Crippen LogP) is 3.94. The summed E-state index contributed by atoms with van der Waals surface area (Å²) in [7, 11) is 1.69. The molecule has 1 heterocycles. The fraction of sp³-hybridized carbons (Fsp3) is 0.381. The Morgan fingerprint density at radius 1 is 1.19 bits per heavy atom. The number of nitrogens with one attached hydrogen (secondary N) is 1. The summed E-state index contributed by atoms with van der Waals surface area (Å²) in [5.41, 5.74) is 2.06. The quantitative estimate of drug-likeness (QED) is 0.659. The van der Waals surface area contributed by atoms with Gasteiger partial charge in [0.2, 0.25) is 0 Å². The lowest BCUT2D eigenvalue weighted by Gasteiger charge is -2.32. The van der Waals surface area contributed by atoms with Crippen molar-refractivity contribution in [3.63, 3.8) is 0 Å². The Morgan fingerprint density at radius 3 is 2.58 bits per heavy atom. The summed E-state index contributed by atoms with van der Waals surface area (Å²) in [5, 5.41) is 3.10. The lowest BCUT2D eigenvalue weighted by Crippen LogP contribution is -2.38. The van der Waals surface area contributed by atoms with E-state index in [9.17, 15) is 4.79 Å². The van der Waals surface area contributed by atoms with Gasteiger partial charge in [-0.15, -0.1) is 0 Å². The molecule has 0 radical (unpaired) electrons. The number of carbonyl (C=O) groups is 1. The monoisotopic (exact) mass is 464 g/mol. The number of amides is 1. The van der Waals surface area contributed by atoms with Gasteiger partial charge < -0.3 is 10.1 Å². The number of methoxy groups -OCH3 is 1. The minimum absolute atomic E-state index is 0.0316. The zero-order valence-electron chi connectivity index (χ0n) is 15.1. The molecular formula is C21H25IN2O2. The molecule has 2 aromatic rings. The van der Waals surface area contributed by atoms with Crippen LogP contribution in [0.4, 0.5) is 0 Å². The third-order valence-corrected chi connectivity index (χ3v) is 5.58. The van der Waals surface area contributed by atoms with Gasteiger partial charge in [-0.3, -0.25) is 9.69 Å². The Balaban J connectivity index is 1.41. The van der Waals surface area contributed by atoms with Crippen molar-refractivity contribution in [3.8, 4) is 5.75 Å². The number of halogens is 1. The number of likely N-dealkylation sites (tertiary alicyclic amines) is 1. The summed E-state index contributed by atoms with van der Waals surface area (Å²) in [6.07, 6.45) is 2.26. The number of rotatable bonds is 6. The summed E-state index contributed by atoms with van der Waals surface area (Å²) in [6, 6.07) is 16.0. The molecule has 3 rings (SSSR count). The molecule has 1 saturated heterocycles. The molecule has 0 saturated carbocycles.